The normalized spacial score (nSPS) is 17.7. The Morgan fingerprint density at radius 3 is 2.50 bits per heavy atom. The fourth-order valence-electron chi connectivity index (χ4n) is 0.857. The molecule has 0 saturated heterocycles. The molecule has 0 unspecified atom stereocenters. The molecule has 0 aliphatic heterocycles. The molecule has 0 fully saturated rings. The van der Waals surface area contributed by atoms with E-state index in [1.807, 2.05) is 13.8 Å². The third kappa shape index (κ3) is 1.12. The van der Waals surface area contributed by atoms with Crippen LogP contribution in [0.3, 0.4) is 0 Å². The van der Waals surface area contributed by atoms with E-state index in [4.69, 9.17) is 5.11 Å². The van der Waals surface area contributed by atoms with Crippen molar-refractivity contribution in [3.63, 3.8) is 0 Å². The van der Waals surface area contributed by atoms with Crippen molar-refractivity contribution in [1.82, 2.24) is 5.32 Å². The molecule has 1 aliphatic rings. The Kier molecular flexibility index (Phi) is 1.66. The first-order chi connectivity index (χ1) is 4.61. The maximum Gasteiger partial charge on any atom is 0.204 e. The van der Waals surface area contributed by atoms with Gasteiger partial charge in [0.25, 0.3) is 0 Å². The van der Waals surface area contributed by atoms with E-state index in [2.05, 4.69) is 5.32 Å². The summed E-state index contributed by atoms with van der Waals surface area (Å²) in [6, 6.07) is 0.283. The number of carbonyl (C=O) groups is 1. The predicted octanol–water partition coefficient (Wildman–Crippen LogP) is 0.727. The molecule has 1 aliphatic carbocycles. The summed E-state index contributed by atoms with van der Waals surface area (Å²) >= 11 is 0. The fraction of sp³-hybridized carbons (Fsp3) is 0.571. The van der Waals surface area contributed by atoms with Crippen LogP contribution >= 0.6 is 0 Å². The Bertz CT molecular complexity index is 194. The molecule has 0 spiro atoms. The van der Waals surface area contributed by atoms with Crippen LogP contribution < -0.4 is 5.32 Å². The highest BCUT2D eigenvalue weighted by Crippen LogP contribution is 2.18. The lowest BCUT2D eigenvalue weighted by Crippen LogP contribution is -2.32. The number of Topliss-reactive ketones (excluding diaryl/α,β-unsaturated/α-hetero) is 1. The average Bonchev–Trinajstić information content (AvgIpc) is 1.86. The molecule has 0 aromatic carbocycles. The zero-order valence-corrected chi connectivity index (χ0v) is 6.14. The van der Waals surface area contributed by atoms with Gasteiger partial charge in [0.05, 0.1) is 12.1 Å². The predicted molar refractivity (Wildman–Crippen MR) is 37.6 cm³/mol. The molecule has 10 heavy (non-hydrogen) atoms. The number of aliphatic hydroxyl groups excluding tert-OH is 1. The van der Waals surface area contributed by atoms with Crippen LogP contribution in [0.15, 0.2) is 11.5 Å². The third-order valence-corrected chi connectivity index (χ3v) is 1.35. The number of hydrogen-bond acceptors (Lipinski definition) is 3. The van der Waals surface area contributed by atoms with Crippen LogP contribution in [-0.4, -0.2) is 16.9 Å². The van der Waals surface area contributed by atoms with Crippen molar-refractivity contribution in [2.24, 2.45) is 0 Å². The summed E-state index contributed by atoms with van der Waals surface area (Å²) in [4.78, 5) is 10.5. The topological polar surface area (TPSA) is 49.3 Å². The zero-order chi connectivity index (χ0) is 7.72. The average molecular weight is 141 g/mol. The number of rotatable bonds is 2. The van der Waals surface area contributed by atoms with Crippen LogP contribution in [-0.2, 0) is 4.79 Å². The summed E-state index contributed by atoms with van der Waals surface area (Å²) in [5.74, 6) is -0.253. The number of ketones is 1. The van der Waals surface area contributed by atoms with Gasteiger partial charge in [-0.3, -0.25) is 4.79 Å². The monoisotopic (exact) mass is 141 g/mol. The Hall–Kier alpha value is -0.990. The summed E-state index contributed by atoms with van der Waals surface area (Å²) in [6.07, 6.45) is 0.365. The van der Waals surface area contributed by atoms with Crippen molar-refractivity contribution < 1.29 is 9.90 Å². The van der Waals surface area contributed by atoms with Gasteiger partial charge in [0.1, 0.15) is 0 Å². The molecule has 2 N–H and O–H groups in total. The van der Waals surface area contributed by atoms with Crippen molar-refractivity contribution in [2.75, 3.05) is 0 Å². The SMILES string of the molecule is CC(C)NC1=C(O)C(=O)C1. The van der Waals surface area contributed by atoms with Gasteiger partial charge in [0.2, 0.25) is 5.78 Å². The molecular weight excluding hydrogens is 130 g/mol. The highest BCUT2D eigenvalue weighted by molar-refractivity contribution is 6.01. The Morgan fingerprint density at radius 1 is 1.60 bits per heavy atom. The van der Waals surface area contributed by atoms with Crippen LogP contribution in [0, 0.1) is 0 Å². The van der Waals surface area contributed by atoms with E-state index < -0.39 is 0 Å². The molecule has 0 saturated carbocycles. The van der Waals surface area contributed by atoms with E-state index in [9.17, 15) is 4.79 Å². The molecular formula is C7H11NO2. The van der Waals surface area contributed by atoms with Gasteiger partial charge in [-0.25, -0.2) is 0 Å². The van der Waals surface area contributed by atoms with E-state index in [-0.39, 0.29) is 17.6 Å². The third-order valence-electron chi connectivity index (χ3n) is 1.35. The van der Waals surface area contributed by atoms with Crippen molar-refractivity contribution in [3.05, 3.63) is 11.5 Å². The molecule has 0 bridgehead atoms. The molecule has 0 radical (unpaired) electrons. The summed E-state index contributed by atoms with van der Waals surface area (Å²) in [5.41, 5.74) is 0.681. The van der Waals surface area contributed by atoms with Gasteiger partial charge in [0.15, 0.2) is 5.76 Å². The Morgan fingerprint density at radius 2 is 2.20 bits per heavy atom. The van der Waals surface area contributed by atoms with Crippen LogP contribution in [0.25, 0.3) is 0 Å². The second kappa shape index (κ2) is 2.33. The van der Waals surface area contributed by atoms with Gasteiger partial charge in [-0.2, -0.15) is 0 Å². The second-order valence-corrected chi connectivity index (χ2v) is 2.73. The fourth-order valence-corrected chi connectivity index (χ4v) is 0.857. The molecule has 0 heterocycles. The van der Waals surface area contributed by atoms with Crippen LogP contribution in [0.5, 0.6) is 0 Å². The van der Waals surface area contributed by atoms with Crippen molar-refractivity contribution in [2.45, 2.75) is 26.3 Å². The first-order valence-corrected chi connectivity index (χ1v) is 3.33. The molecule has 1 rings (SSSR count). The smallest absolute Gasteiger partial charge is 0.204 e. The molecule has 0 aromatic rings. The molecule has 3 heteroatoms. The number of hydrogen-bond donors (Lipinski definition) is 2. The zero-order valence-electron chi connectivity index (χ0n) is 6.14. The quantitative estimate of drug-likeness (QED) is 0.596. The van der Waals surface area contributed by atoms with Crippen LogP contribution in [0.4, 0.5) is 0 Å². The van der Waals surface area contributed by atoms with E-state index in [0.29, 0.717) is 12.1 Å². The number of aliphatic hydroxyl groups is 1. The standard InChI is InChI=1S/C7H11NO2/c1-4(2)8-5-3-6(9)7(5)10/h4,8,10H,3H2,1-2H3. The minimum absolute atomic E-state index is 0.0892. The minimum atomic E-state index is -0.164. The van der Waals surface area contributed by atoms with Gasteiger partial charge in [-0.15, -0.1) is 0 Å². The largest absolute Gasteiger partial charge is 0.503 e. The maximum atomic E-state index is 10.5. The van der Waals surface area contributed by atoms with E-state index >= 15 is 0 Å². The van der Waals surface area contributed by atoms with Gasteiger partial charge in [-0.1, -0.05) is 0 Å². The molecule has 3 nitrogen and oxygen atoms in total. The van der Waals surface area contributed by atoms with Crippen molar-refractivity contribution in [3.8, 4) is 0 Å². The summed E-state index contributed by atoms with van der Waals surface area (Å²) in [5, 5.41) is 11.9. The van der Waals surface area contributed by atoms with Gasteiger partial charge in [0, 0.05) is 6.04 Å². The number of carbonyl (C=O) groups excluding carboxylic acids is 1. The highest BCUT2D eigenvalue weighted by Gasteiger charge is 2.26. The Labute approximate surface area is 59.7 Å². The van der Waals surface area contributed by atoms with Gasteiger partial charge >= 0.3 is 0 Å². The molecule has 0 atom stereocenters. The summed E-state index contributed by atoms with van der Waals surface area (Å²) in [6.45, 7) is 3.92. The minimum Gasteiger partial charge on any atom is -0.503 e. The molecule has 0 aromatic heterocycles. The maximum absolute atomic E-state index is 10.5. The Balaban J connectivity index is 2.53. The lowest BCUT2D eigenvalue weighted by Gasteiger charge is -2.21. The van der Waals surface area contributed by atoms with Gasteiger partial charge in [-0.05, 0) is 13.8 Å². The lowest BCUT2D eigenvalue weighted by molar-refractivity contribution is -0.119. The summed E-state index contributed by atoms with van der Waals surface area (Å²) in [7, 11) is 0. The van der Waals surface area contributed by atoms with E-state index in [1.165, 1.54) is 0 Å². The van der Waals surface area contributed by atoms with Crippen molar-refractivity contribution >= 4 is 5.78 Å². The number of allylic oxidation sites excluding steroid dienone is 2. The van der Waals surface area contributed by atoms with Crippen molar-refractivity contribution in [1.29, 1.82) is 0 Å². The number of nitrogens with one attached hydrogen (secondary N) is 1. The first kappa shape index (κ1) is 7.12. The summed E-state index contributed by atoms with van der Waals surface area (Å²) < 4.78 is 0. The highest BCUT2D eigenvalue weighted by atomic mass is 16.3. The van der Waals surface area contributed by atoms with Crippen LogP contribution in [0.2, 0.25) is 0 Å². The van der Waals surface area contributed by atoms with E-state index in [1.54, 1.807) is 0 Å². The lowest BCUT2D eigenvalue weighted by atomic mass is 10.0. The van der Waals surface area contributed by atoms with E-state index in [0.717, 1.165) is 0 Å². The molecule has 0 amide bonds. The van der Waals surface area contributed by atoms with Crippen LogP contribution in [0.1, 0.15) is 20.3 Å². The molecule has 56 valence electrons. The first-order valence-electron chi connectivity index (χ1n) is 3.33. The van der Waals surface area contributed by atoms with Gasteiger partial charge < -0.3 is 10.4 Å². The second-order valence-electron chi connectivity index (χ2n) is 2.73.